The topological polar surface area (TPSA) is 84.9 Å². The van der Waals surface area contributed by atoms with Crippen LogP contribution in [0.3, 0.4) is 0 Å². The van der Waals surface area contributed by atoms with Crippen molar-refractivity contribution in [1.82, 2.24) is 0 Å². The zero-order chi connectivity index (χ0) is 19.4. The Morgan fingerprint density at radius 1 is 1.07 bits per heavy atom. The van der Waals surface area contributed by atoms with Gasteiger partial charge in [-0.15, -0.1) is 0 Å². The quantitative estimate of drug-likeness (QED) is 0.820. The van der Waals surface area contributed by atoms with Crippen LogP contribution in [0.4, 0.5) is 11.4 Å². The van der Waals surface area contributed by atoms with Crippen LogP contribution in [-0.4, -0.2) is 40.2 Å². The third kappa shape index (κ3) is 4.78. The van der Waals surface area contributed by atoms with E-state index in [1.807, 2.05) is 13.8 Å². The molecule has 2 aromatic carbocycles. The predicted octanol–water partition coefficient (Wildman–Crippen LogP) is 2.64. The van der Waals surface area contributed by atoms with Crippen LogP contribution in [0.1, 0.15) is 13.8 Å². The third-order valence-electron chi connectivity index (χ3n) is 3.92. The molecule has 8 heteroatoms. The van der Waals surface area contributed by atoms with Crippen LogP contribution in [-0.2, 0) is 19.6 Å². The number of hydrogen-bond acceptors (Lipinski definition) is 5. The Hall–Kier alpha value is -2.58. The van der Waals surface area contributed by atoms with Gasteiger partial charge < -0.3 is 14.4 Å². The second-order valence-corrected chi connectivity index (χ2v) is 8.07. The third-order valence-corrected chi connectivity index (χ3v) is 5.32. The highest BCUT2D eigenvalue weighted by Crippen LogP contribution is 2.23. The molecule has 7 nitrogen and oxygen atoms in total. The van der Waals surface area contributed by atoms with Crippen molar-refractivity contribution >= 4 is 27.3 Å². The average molecular weight is 390 g/mol. The highest BCUT2D eigenvalue weighted by molar-refractivity contribution is 7.92. The number of sulfonamides is 1. The number of nitrogens with zero attached hydrogens (tertiary/aromatic N) is 1. The first-order valence-electron chi connectivity index (χ1n) is 8.63. The molecule has 27 heavy (non-hydrogen) atoms. The van der Waals surface area contributed by atoms with Gasteiger partial charge in [-0.1, -0.05) is 0 Å². The van der Waals surface area contributed by atoms with Crippen LogP contribution in [0.2, 0.25) is 0 Å². The van der Waals surface area contributed by atoms with Crippen LogP contribution in [0.5, 0.6) is 5.75 Å². The summed E-state index contributed by atoms with van der Waals surface area (Å²) in [4.78, 5) is 13.6. The molecule has 1 aliphatic heterocycles. The lowest BCUT2D eigenvalue weighted by Crippen LogP contribution is -2.41. The molecule has 0 unspecified atom stereocenters. The molecule has 0 atom stereocenters. The lowest BCUT2D eigenvalue weighted by atomic mass is 10.2. The van der Waals surface area contributed by atoms with Gasteiger partial charge in [-0.3, -0.25) is 9.52 Å². The van der Waals surface area contributed by atoms with E-state index in [0.717, 1.165) is 0 Å². The average Bonchev–Trinajstić information content (AvgIpc) is 2.63. The fraction of sp³-hybridized carbons (Fsp3) is 0.316. The maximum atomic E-state index is 12.6. The summed E-state index contributed by atoms with van der Waals surface area (Å²) >= 11 is 0. The van der Waals surface area contributed by atoms with E-state index in [4.69, 9.17) is 9.47 Å². The molecule has 2 aromatic rings. The van der Waals surface area contributed by atoms with Gasteiger partial charge in [0.1, 0.15) is 12.4 Å². The van der Waals surface area contributed by atoms with E-state index >= 15 is 0 Å². The van der Waals surface area contributed by atoms with Gasteiger partial charge in [-0.2, -0.15) is 0 Å². The van der Waals surface area contributed by atoms with Crippen molar-refractivity contribution in [2.75, 3.05) is 29.4 Å². The fourth-order valence-electron chi connectivity index (χ4n) is 2.68. The molecule has 1 saturated heterocycles. The number of carbonyl (C=O) groups is 1. The van der Waals surface area contributed by atoms with Gasteiger partial charge in [0.05, 0.1) is 17.6 Å². The maximum absolute atomic E-state index is 12.6. The van der Waals surface area contributed by atoms with E-state index in [2.05, 4.69) is 4.72 Å². The molecule has 0 aliphatic carbocycles. The number of amides is 1. The highest BCUT2D eigenvalue weighted by atomic mass is 32.2. The number of rotatable bonds is 6. The van der Waals surface area contributed by atoms with E-state index in [9.17, 15) is 13.2 Å². The number of benzene rings is 2. The van der Waals surface area contributed by atoms with Crippen molar-refractivity contribution in [1.29, 1.82) is 0 Å². The van der Waals surface area contributed by atoms with Crippen LogP contribution in [0.25, 0.3) is 0 Å². The summed E-state index contributed by atoms with van der Waals surface area (Å²) in [5.41, 5.74) is 1.09. The zero-order valence-corrected chi connectivity index (χ0v) is 16.0. The van der Waals surface area contributed by atoms with Gasteiger partial charge in [-0.05, 0) is 62.4 Å². The molecule has 0 bridgehead atoms. The molecule has 1 heterocycles. The smallest absolute Gasteiger partial charge is 0.261 e. The Morgan fingerprint density at radius 2 is 1.74 bits per heavy atom. The fourth-order valence-corrected chi connectivity index (χ4v) is 3.74. The Kier molecular flexibility index (Phi) is 5.67. The van der Waals surface area contributed by atoms with Crippen LogP contribution in [0, 0.1) is 0 Å². The first-order valence-corrected chi connectivity index (χ1v) is 10.1. The first-order chi connectivity index (χ1) is 12.8. The Morgan fingerprint density at radius 3 is 2.33 bits per heavy atom. The van der Waals surface area contributed by atoms with Gasteiger partial charge in [0, 0.05) is 17.9 Å². The van der Waals surface area contributed by atoms with Crippen molar-refractivity contribution in [3.05, 3.63) is 48.5 Å². The number of morpholine rings is 1. The second-order valence-electron chi connectivity index (χ2n) is 6.39. The summed E-state index contributed by atoms with van der Waals surface area (Å²) in [5.74, 6) is 0.533. The van der Waals surface area contributed by atoms with E-state index in [1.165, 1.54) is 12.1 Å². The number of ether oxygens (including phenoxy) is 2. The van der Waals surface area contributed by atoms with Gasteiger partial charge in [0.15, 0.2) is 0 Å². The van der Waals surface area contributed by atoms with Crippen LogP contribution in [0.15, 0.2) is 53.4 Å². The summed E-state index contributed by atoms with van der Waals surface area (Å²) < 4.78 is 38.3. The molecule has 0 radical (unpaired) electrons. The molecule has 1 amide bonds. The van der Waals surface area contributed by atoms with Crippen molar-refractivity contribution in [2.45, 2.75) is 24.8 Å². The van der Waals surface area contributed by atoms with Crippen LogP contribution >= 0.6 is 0 Å². The summed E-state index contributed by atoms with van der Waals surface area (Å²) in [6.07, 6.45) is 0.0457. The normalized spacial score (nSPS) is 15.1. The Bertz CT molecular complexity index is 893. The minimum absolute atomic E-state index is 0.0398. The molecular weight excluding hydrogens is 368 g/mol. The highest BCUT2D eigenvalue weighted by Gasteiger charge is 2.21. The van der Waals surface area contributed by atoms with Crippen molar-refractivity contribution in [3.63, 3.8) is 0 Å². The van der Waals surface area contributed by atoms with E-state index in [-0.39, 0.29) is 23.5 Å². The van der Waals surface area contributed by atoms with Gasteiger partial charge in [-0.25, -0.2) is 8.42 Å². The van der Waals surface area contributed by atoms with Gasteiger partial charge in [0.2, 0.25) is 0 Å². The number of hydrogen-bond donors (Lipinski definition) is 1. The van der Waals surface area contributed by atoms with Crippen molar-refractivity contribution in [3.8, 4) is 5.75 Å². The summed E-state index contributed by atoms with van der Waals surface area (Å²) in [6, 6.07) is 12.9. The minimum Gasteiger partial charge on any atom is -0.491 e. The molecule has 1 fully saturated rings. The lowest BCUT2D eigenvalue weighted by Gasteiger charge is -2.26. The summed E-state index contributed by atoms with van der Waals surface area (Å²) in [5, 5.41) is 0. The van der Waals surface area contributed by atoms with Gasteiger partial charge >= 0.3 is 0 Å². The molecule has 0 aromatic heterocycles. The molecule has 1 N–H and O–H groups in total. The number of nitrogens with one attached hydrogen (secondary N) is 1. The van der Waals surface area contributed by atoms with Crippen LogP contribution < -0.4 is 14.4 Å². The molecule has 0 saturated carbocycles. The zero-order valence-electron chi connectivity index (χ0n) is 15.2. The molecule has 144 valence electrons. The first kappa shape index (κ1) is 19.2. The molecule has 3 rings (SSSR count). The monoisotopic (exact) mass is 390 g/mol. The lowest BCUT2D eigenvalue weighted by molar-refractivity contribution is -0.125. The SMILES string of the molecule is CC(C)Oc1ccc(NS(=O)(=O)c2ccc(N3CCOCC3=O)cc2)cc1. The second kappa shape index (κ2) is 7.98. The van der Waals surface area contributed by atoms with E-state index < -0.39 is 10.0 Å². The van der Waals surface area contributed by atoms with Gasteiger partial charge in [0.25, 0.3) is 15.9 Å². The molecular formula is C19H22N2O5S. The summed E-state index contributed by atoms with van der Waals surface area (Å²) in [6.45, 7) is 4.80. The maximum Gasteiger partial charge on any atom is 0.261 e. The van der Waals surface area contributed by atoms with E-state index in [1.54, 1.807) is 41.3 Å². The Labute approximate surface area is 158 Å². The summed E-state index contributed by atoms with van der Waals surface area (Å²) in [7, 11) is -3.73. The van der Waals surface area contributed by atoms with Crippen molar-refractivity contribution in [2.24, 2.45) is 0 Å². The van der Waals surface area contributed by atoms with Crippen molar-refractivity contribution < 1.29 is 22.7 Å². The number of anilines is 2. The number of carbonyl (C=O) groups excluding carboxylic acids is 1. The minimum atomic E-state index is -3.73. The molecule has 0 spiro atoms. The predicted molar refractivity (Wildman–Crippen MR) is 103 cm³/mol. The standard InChI is InChI=1S/C19H22N2O5S/c1-14(2)26-17-7-3-15(4-8-17)20-27(23,24)18-9-5-16(6-10-18)21-11-12-25-13-19(21)22/h3-10,14,20H,11-13H2,1-2H3. The van der Waals surface area contributed by atoms with E-state index in [0.29, 0.717) is 30.3 Å². The Balaban J connectivity index is 1.72. The largest absolute Gasteiger partial charge is 0.491 e. The molecule has 1 aliphatic rings.